The normalized spacial score (nSPS) is 14.6. The number of sulfonamides is 2. The van der Waals surface area contributed by atoms with Crippen LogP contribution in [0.4, 0.5) is 0 Å². The number of rotatable bonds is 5. The number of nitrogens with zero attached hydrogens (tertiary/aromatic N) is 1. The van der Waals surface area contributed by atoms with E-state index >= 15 is 0 Å². The van der Waals surface area contributed by atoms with Crippen LogP contribution in [0.2, 0.25) is 0 Å². The molecule has 1 aromatic rings. The van der Waals surface area contributed by atoms with Crippen LogP contribution in [-0.4, -0.2) is 34.2 Å². The molecule has 0 amide bonds. The van der Waals surface area contributed by atoms with E-state index < -0.39 is 20.0 Å². The maximum atomic E-state index is 12.3. The van der Waals surface area contributed by atoms with Crippen molar-refractivity contribution in [2.45, 2.75) is 36.1 Å². The molecule has 1 aromatic carbocycles. The molecule has 0 aliphatic heterocycles. The average molecular weight is 306 g/mol. The number of hydrogen-bond donors (Lipinski definition) is 1. The van der Waals surface area contributed by atoms with Crippen molar-refractivity contribution in [3.8, 4) is 0 Å². The summed E-state index contributed by atoms with van der Waals surface area (Å²) in [5, 5.41) is 4.99. The minimum absolute atomic E-state index is 0.0816. The lowest BCUT2D eigenvalue weighted by molar-refractivity contribution is 0.380. The van der Waals surface area contributed by atoms with Gasteiger partial charge in [-0.2, -0.15) is 4.31 Å². The Morgan fingerprint density at radius 2 is 1.74 bits per heavy atom. The second-order valence-electron chi connectivity index (χ2n) is 4.30. The van der Waals surface area contributed by atoms with Gasteiger partial charge in [0.25, 0.3) is 0 Å². The summed E-state index contributed by atoms with van der Waals surface area (Å²) >= 11 is 0. The van der Waals surface area contributed by atoms with E-state index in [1.807, 2.05) is 6.92 Å². The Labute approximate surface area is 114 Å². The molecule has 0 aromatic heterocycles. The lowest BCUT2D eigenvalue weighted by atomic mass is 10.3. The fraction of sp³-hybridized carbons (Fsp3) is 0.455. The molecule has 6 nitrogen and oxygen atoms in total. The second kappa shape index (κ2) is 5.58. The Bertz CT molecular complexity index is 653. The van der Waals surface area contributed by atoms with Gasteiger partial charge < -0.3 is 0 Å². The number of benzene rings is 1. The van der Waals surface area contributed by atoms with E-state index in [2.05, 4.69) is 0 Å². The predicted molar refractivity (Wildman–Crippen MR) is 72.5 cm³/mol. The smallest absolute Gasteiger partial charge is 0.225 e. The van der Waals surface area contributed by atoms with Crippen molar-refractivity contribution >= 4 is 20.0 Å². The van der Waals surface area contributed by atoms with Crippen molar-refractivity contribution in [2.75, 3.05) is 7.05 Å². The molecule has 8 heteroatoms. The maximum absolute atomic E-state index is 12.3. The average Bonchev–Trinajstić information content (AvgIpc) is 2.36. The topological polar surface area (TPSA) is 97.5 Å². The van der Waals surface area contributed by atoms with E-state index in [0.717, 1.165) is 6.07 Å². The minimum Gasteiger partial charge on any atom is -0.225 e. The van der Waals surface area contributed by atoms with Gasteiger partial charge in [0, 0.05) is 13.1 Å². The molecule has 1 atom stereocenters. The van der Waals surface area contributed by atoms with Crippen molar-refractivity contribution in [1.29, 1.82) is 0 Å². The Balaban J connectivity index is 3.31. The van der Waals surface area contributed by atoms with Gasteiger partial charge in [-0.25, -0.2) is 22.0 Å². The molecular formula is C11H18N2O4S2. The summed E-state index contributed by atoms with van der Waals surface area (Å²) < 4.78 is 48.3. The van der Waals surface area contributed by atoms with E-state index in [4.69, 9.17) is 5.14 Å². The molecule has 108 valence electrons. The van der Waals surface area contributed by atoms with Crippen LogP contribution in [0.15, 0.2) is 34.1 Å². The van der Waals surface area contributed by atoms with Gasteiger partial charge >= 0.3 is 0 Å². The summed E-state index contributed by atoms with van der Waals surface area (Å²) in [6.45, 7) is 3.65. The van der Waals surface area contributed by atoms with Crippen LogP contribution in [0.25, 0.3) is 0 Å². The van der Waals surface area contributed by atoms with E-state index in [1.54, 1.807) is 6.92 Å². The number of hydrogen-bond acceptors (Lipinski definition) is 4. The van der Waals surface area contributed by atoms with Crippen LogP contribution in [-0.2, 0) is 20.0 Å². The lowest BCUT2D eigenvalue weighted by Gasteiger charge is -2.23. The molecular weight excluding hydrogens is 288 g/mol. The van der Waals surface area contributed by atoms with E-state index in [0.29, 0.717) is 6.42 Å². The van der Waals surface area contributed by atoms with Gasteiger partial charge in [0.1, 0.15) is 0 Å². The highest BCUT2D eigenvalue weighted by atomic mass is 32.2. The molecule has 0 aliphatic carbocycles. The number of nitrogens with two attached hydrogens (primary N) is 1. The fourth-order valence-electron chi connectivity index (χ4n) is 1.47. The Hall–Kier alpha value is -0.960. The standard InChI is InChI=1S/C11H18N2O4S2/c1-4-9(2)13(3)19(16,17)11-7-5-6-10(8-11)18(12,14)15/h5-9H,4H2,1-3H3,(H2,12,14,15). The van der Waals surface area contributed by atoms with Gasteiger partial charge in [-0.05, 0) is 31.5 Å². The third-order valence-corrected chi connectivity index (χ3v) is 5.90. The first-order chi connectivity index (χ1) is 8.60. The van der Waals surface area contributed by atoms with Gasteiger partial charge in [-0.3, -0.25) is 0 Å². The van der Waals surface area contributed by atoms with E-state index in [1.165, 1.54) is 29.6 Å². The minimum atomic E-state index is -3.92. The van der Waals surface area contributed by atoms with E-state index in [-0.39, 0.29) is 15.8 Å². The largest absolute Gasteiger partial charge is 0.243 e. The van der Waals surface area contributed by atoms with Gasteiger partial charge in [-0.1, -0.05) is 13.0 Å². The zero-order valence-corrected chi connectivity index (χ0v) is 12.7. The van der Waals surface area contributed by atoms with Crippen molar-refractivity contribution in [2.24, 2.45) is 5.14 Å². The van der Waals surface area contributed by atoms with Crippen LogP contribution in [0.3, 0.4) is 0 Å². The molecule has 0 saturated carbocycles. The lowest BCUT2D eigenvalue weighted by Crippen LogP contribution is -2.34. The molecule has 2 N–H and O–H groups in total. The van der Waals surface area contributed by atoms with Crippen molar-refractivity contribution < 1.29 is 16.8 Å². The second-order valence-corrected chi connectivity index (χ2v) is 7.86. The summed E-state index contributed by atoms with van der Waals surface area (Å²) in [5.74, 6) is 0. The van der Waals surface area contributed by atoms with Crippen LogP contribution in [0.1, 0.15) is 20.3 Å². The molecule has 0 spiro atoms. The van der Waals surface area contributed by atoms with Crippen molar-refractivity contribution in [1.82, 2.24) is 4.31 Å². The molecule has 1 unspecified atom stereocenters. The zero-order chi connectivity index (χ0) is 14.8. The van der Waals surface area contributed by atoms with Crippen LogP contribution in [0, 0.1) is 0 Å². The van der Waals surface area contributed by atoms with Crippen molar-refractivity contribution in [3.05, 3.63) is 24.3 Å². The molecule has 0 heterocycles. The fourth-order valence-corrected chi connectivity index (χ4v) is 3.59. The first kappa shape index (κ1) is 16.1. The SMILES string of the molecule is CCC(C)N(C)S(=O)(=O)c1cccc(S(N)(=O)=O)c1. The molecule has 1 rings (SSSR count). The van der Waals surface area contributed by atoms with Gasteiger partial charge in [0.15, 0.2) is 0 Å². The molecule has 0 aliphatic rings. The first-order valence-electron chi connectivity index (χ1n) is 5.71. The monoisotopic (exact) mass is 306 g/mol. The predicted octanol–water partition coefficient (Wildman–Crippen LogP) is 0.753. The maximum Gasteiger partial charge on any atom is 0.243 e. The van der Waals surface area contributed by atoms with E-state index in [9.17, 15) is 16.8 Å². The van der Waals surface area contributed by atoms with Crippen LogP contribution >= 0.6 is 0 Å². The quantitative estimate of drug-likeness (QED) is 0.868. The zero-order valence-electron chi connectivity index (χ0n) is 11.1. The van der Waals surface area contributed by atoms with Gasteiger partial charge in [0.05, 0.1) is 9.79 Å². The summed E-state index contributed by atoms with van der Waals surface area (Å²) in [5.41, 5.74) is 0. The van der Waals surface area contributed by atoms with Crippen LogP contribution in [0.5, 0.6) is 0 Å². The Morgan fingerprint density at radius 3 is 2.21 bits per heavy atom. The van der Waals surface area contributed by atoms with Crippen molar-refractivity contribution in [3.63, 3.8) is 0 Å². The Kier molecular flexibility index (Phi) is 4.72. The number of primary sulfonamides is 1. The summed E-state index contributed by atoms with van der Waals surface area (Å²) in [7, 11) is -6.17. The third kappa shape index (κ3) is 3.53. The highest BCUT2D eigenvalue weighted by Crippen LogP contribution is 2.20. The summed E-state index contributed by atoms with van der Waals surface area (Å²) in [6, 6.07) is 4.87. The molecule has 0 bridgehead atoms. The molecule has 0 saturated heterocycles. The van der Waals surface area contributed by atoms with Gasteiger partial charge in [0.2, 0.25) is 20.0 Å². The molecule has 19 heavy (non-hydrogen) atoms. The molecule has 0 radical (unpaired) electrons. The summed E-state index contributed by atoms with van der Waals surface area (Å²) in [4.78, 5) is -0.298. The van der Waals surface area contributed by atoms with Gasteiger partial charge in [-0.15, -0.1) is 0 Å². The first-order valence-corrected chi connectivity index (χ1v) is 8.70. The molecule has 0 fully saturated rings. The summed E-state index contributed by atoms with van der Waals surface area (Å²) in [6.07, 6.45) is 0.657. The Morgan fingerprint density at radius 1 is 1.21 bits per heavy atom. The third-order valence-electron chi connectivity index (χ3n) is 3.02. The van der Waals surface area contributed by atoms with Crippen LogP contribution < -0.4 is 5.14 Å². The highest BCUT2D eigenvalue weighted by Gasteiger charge is 2.25. The highest BCUT2D eigenvalue weighted by molar-refractivity contribution is 7.90.